The van der Waals surface area contributed by atoms with Crippen LogP contribution in [0, 0.1) is 0 Å². The van der Waals surface area contributed by atoms with Gasteiger partial charge in [0.05, 0.1) is 11.0 Å². The van der Waals surface area contributed by atoms with E-state index in [0.717, 1.165) is 0 Å². The number of alkyl halides is 2. The molecule has 0 bridgehead atoms. The molecule has 4 aromatic rings. The van der Waals surface area contributed by atoms with Crippen LogP contribution in [0.25, 0.3) is 11.0 Å². The van der Waals surface area contributed by atoms with E-state index in [1.165, 1.54) is 24.3 Å². The average molecular weight is 426 g/mol. The van der Waals surface area contributed by atoms with Gasteiger partial charge >= 0.3 is 5.91 Å². The third-order valence-corrected chi connectivity index (χ3v) is 4.27. The maximum absolute atomic E-state index is 12.7. The lowest BCUT2D eigenvalue weighted by molar-refractivity contribution is 0.0828. The molecule has 10 heteroatoms. The third kappa shape index (κ3) is 4.69. The molecule has 2 heterocycles. The fourth-order valence-corrected chi connectivity index (χ4v) is 2.77. The van der Waals surface area contributed by atoms with Crippen molar-refractivity contribution in [1.82, 2.24) is 20.8 Å². The fraction of sp³-hybridized carbons (Fsp3) is 0.0952. The van der Waals surface area contributed by atoms with Gasteiger partial charge in [0.25, 0.3) is 12.3 Å². The number of hydrazine groups is 1. The van der Waals surface area contributed by atoms with Gasteiger partial charge in [-0.3, -0.25) is 20.4 Å². The van der Waals surface area contributed by atoms with Crippen molar-refractivity contribution in [3.8, 4) is 5.75 Å². The lowest BCUT2D eigenvalue weighted by Gasteiger charge is -2.06. The number of fused-ring (bicyclic) bond motifs is 1. The number of rotatable bonds is 6. The number of nitrogens with zero attached hydrogens (tertiary/aromatic N) is 1. The van der Waals surface area contributed by atoms with Gasteiger partial charge in [0.1, 0.15) is 18.1 Å². The second kappa shape index (κ2) is 8.66. The van der Waals surface area contributed by atoms with Crippen molar-refractivity contribution in [2.24, 2.45) is 0 Å². The molecule has 0 atom stereocenters. The lowest BCUT2D eigenvalue weighted by atomic mass is 10.2. The summed E-state index contributed by atoms with van der Waals surface area (Å²) < 4.78 is 36.4. The molecule has 4 rings (SSSR count). The summed E-state index contributed by atoms with van der Waals surface area (Å²) in [6.07, 6.45) is -2.75. The number of ether oxygens (including phenoxy) is 1. The van der Waals surface area contributed by atoms with Gasteiger partial charge in [-0.25, -0.2) is 13.8 Å². The number of amides is 2. The zero-order valence-corrected chi connectivity index (χ0v) is 15.9. The molecule has 0 saturated heterocycles. The normalized spacial score (nSPS) is 10.9. The smallest absolute Gasteiger partial charge is 0.305 e. The van der Waals surface area contributed by atoms with E-state index >= 15 is 0 Å². The first-order valence-corrected chi connectivity index (χ1v) is 9.14. The molecular weight excluding hydrogens is 410 g/mol. The van der Waals surface area contributed by atoms with Crippen LogP contribution in [-0.2, 0) is 6.61 Å². The van der Waals surface area contributed by atoms with Crippen molar-refractivity contribution in [1.29, 1.82) is 0 Å². The van der Waals surface area contributed by atoms with Gasteiger partial charge in [-0.05, 0) is 42.5 Å². The Labute approximate surface area is 174 Å². The Hall–Kier alpha value is -4.21. The zero-order chi connectivity index (χ0) is 21.8. The highest BCUT2D eigenvalue weighted by Crippen LogP contribution is 2.20. The Morgan fingerprint density at radius 1 is 1.03 bits per heavy atom. The number of H-pyrrole nitrogens is 1. The molecule has 8 nitrogen and oxygen atoms in total. The fourth-order valence-electron chi connectivity index (χ4n) is 2.77. The van der Waals surface area contributed by atoms with Crippen molar-refractivity contribution < 1.29 is 27.5 Å². The molecule has 2 aromatic carbocycles. The lowest BCUT2D eigenvalue weighted by Crippen LogP contribution is -2.41. The Bertz CT molecular complexity index is 1220. The summed E-state index contributed by atoms with van der Waals surface area (Å²) in [6, 6.07) is 16.4. The zero-order valence-electron chi connectivity index (χ0n) is 15.9. The Morgan fingerprint density at radius 2 is 1.81 bits per heavy atom. The summed E-state index contributed by atoms with van der Waals surface area (Å²) in [7, 11) is 0. The van der Waals surface area contributed by atoms with Gasteiger partial charge < -0.3 is 14.1 Å². The van der Waals surface area contributed by atoms with E-state index in [1.54, 1.807) is 18.2 Å². The number of para-hydroxylation sites is 1. The van der Waals surface area contributed by atoms with E-state index < -0.39 is 24.1 Å². The standard InChI is InChI=1S/C21H16F2N4O4/c22-18(23)19-24-15-8-6-12(10-16(15)25-19)20(28)26-27-21(29)17-9-7-14(31-17)11-30-13-4-2-1-3-5-13/h1-10,18H,11H2,(H,24,25)(H,26,28)(H,27,29). The Kier molecular flexibility index (Phi) is 5.61. The minimum absolute atomic E-state index is 0.0162. The molecule has 158 valence electrons. The number of aromatic amines is 1. The second-order valence-electron chi connectivity index (χ2n) is 6.43. The summed E-state index contributed by atoms with van der Waals surface area (Å²) in [5, 5.41) is 0. The number of halogens is 2. The van der Waals surface area contributed by atoms with Crippen molar-refractivity contribution in [2.45, 2.75) is 13.0 Å². The van der Waals surface area contributed by atoms with Crippen LogP contribution in [0.4, 0.5) is 8.78 Å². The van der Waals surface area contributed by atoms with Gasteiger partial charge in [0, 0.05) is 5.56 Å². The van der Waals surface area contributed by atoms with Crippen LogP contribution in [0.5, 0.6) is 5.75 Å². The van der Waals surface area contributed by atoms with E-state index in [9.17, 15) is 18.4 Å². The molecule has 0 saturated carbocycles. The maximum atomic E-state index is 12.7. The summed E-state index contributed by atoms with van der Waals surface area (Å²) in [5.74, 6) is -0.709. The van der Waals surface area contributed by atoms with Crippen molar-refractivity contribution in [3.63, 3.8) is 0 Å². The number of carbonyl (C=O) groups is 2. The van der Waals surface area contributed by atoms with E-state index in [4.69, 9.17) is 9.15 Å². The summed E-state index contributed by atoms with van der Waals surface area (Å²) in [5.41, 5.74) is 5.21. The first-order chi connectivity index (χ1) is 15.0. The SMILES string of the molecule is O=C(NNC(=O)c1ccc(COc2ccccc2)o1)c1ccc2nc(C(F)F)[nH]c2c1. The molecule has 0 fully saturated rings. The Morgan fingerprint density at radius 3 is 2.58 bits per heavy atom. The number of hydrogen-bond donors (Lipinski definition) is 3. The average Bonchev–Trinajstić information content (AvgIpc) is 3.43. The molecule has 31 heavy (non-hydrogen) atoms. The predicted molar refractivity (Wildman–Crippen MR) is 105 cm³/mol. The summed E-state index contributed by atoms with van der Waals surface area (Å²) in [6.45, 7) is 0.133. The van der Waals surface area contributed by atoms with E-state index in [0.29, 0.717) is 17.0 Å². The molecular formula is C21H16F2N4O4. The second-order valence-corrected chi connectivity index (χ2v) is 6.43. The molecule has 3 N–H and O–H groups in total. The number of nitrogens with one attached hydrogen (secondary N) is 3. The molecule has 2 aromatic heterocycles. The first kappa shape index (κ1) is 20.1. The third-order valence-electron chi connectivity index (χ3n) is 4.27. The number of carbonyl (C=O) groups excluding carboxylic acids is 2. The highest BCUT2D eigenvalue weighted by atomic mass is 19.3. The van der Waals surface area contributed by atoms with Gasteiger partial charge in [0.2, 0.25) is 0 Å². The number of aromatic nitrogens is 2. The van der Waals surface area contributed by atoms with Crippen LogP contribution < -0.4 is 15.6 Å². The first-order valence-electron chi connectivity index (χ1n) is 9.14. The summed E-state index contributed by atoms with van der Waals surface area (Å²) >= 11 is 0. The number of imidazole rings is 1. The van der Waals surface area contributed by atoms with Gasteiger partial charge in [0.15, 0.2) is 11.6 Å². The highest BCUT2D eigenvalue weighted by Gasteiger charge is 2.16. The number of benzene rings is 2. The Balaban J connectivity index is 1.33. The number of hydrogen-bond acceptors (Lipinski definition) is 5. The predicted octanol–water partition coefficient (Wildman–Crippen LogP) is 3.75. The van der Waals surface area contributed by atoms with Crippen molar-refractivity contribution >= 4 is 22.8 Å². The van der Waals surface area contributed by atoms with Crippen LogP contribution in [0.1, 0.15) is 38.9 Å². The van der Waals surface area contributed by atoms with Gasteiger partial charge in [-0.2, -0.15) is 0 Å². The number of furan rings is 1. The molecule has 0 aliphatic rings. The van der Waals surface area contributed by atoms with Gasteiger partial charge in [-0.15, -0.1) is 0 Å². The minimum Gasteiger partial charge on any atom is -0.486 e. The molecule has 0 aliphatic heterocycles. The maximum Gasteiger partial charge on any atom is 0.305 e. The van der Waals surface area contributed by atoms with Crippen molar-refractivity contribution in [3.05, 3.63) is 83.6 Å². The molecule has 2 amide bonds. The van der Waals surface area contributed by atoms with Gasteiger partial charge in [-0.1, -0.05) is 18.2 Å². The summed E-state index contributed by atoms with van der Waals surface area (Å²) in [4.78, 5) is 30.7. The monoisotopic (exact) mass is 426 g/mol. The quantitative estimate of drug-likeness (QED) is 0.407. The van der Waals surface area contributed by atoms with Crippen LogP contribution in [0.2, 0.25) is 0 Å². The molecule has 0 unspecified atom stereocenters. The minimum atomic E-state index is -2.75. The van der Waals surface area contributed by atoms with Crippen LogP contribution in [0.3, 0.4) is 0 Å². The molecule has 0 radical (unpaired) electrons. The van der Waals surface area contributed by atoms with Crippen molar-refractivity contribution in [2.75, 3.05) is 0 Å². The largest absolute Gasteiger partial charge is 0.486 e. The van der Waals surface area contributed by atoms with E-state index in [2.05, 4.69) is 20.8 Å². The molecule has 0 aliphatic carbocycles. The molecule has 0 spiro atoms. The van der Waals surface area contributed by atoms with Crippen LogP contribution in [0.15, 0.2) is 65.1 Å². The topological polar surface area (TPSA) is 109 Å². The van der Waals surface area contributed by atoms with Crippen LogP contribution >= 0.6 is 0 Å². The van der Waals surface area contributed by atoms with E-state index in [-0.39, 0.29) is 23.4 Å². The highest BCUT2D eigenvalue weighted by molar-refractivity contribution is 5.99. The van der Waals surface area contributed by atoms with Crippen LogP contribution in [-0.4, -0.2) is 21.8 Å². The van der Waals surface area contributed by atoms with E-state index in [1.807, 2.05) is 18.2 Å².